The van der Waals surface area contributed by atoms with Crippen LogP contribution in [0.4, 0.5) is 0 Å². The van der Waals surface area contributed by atoms with Crippen molar-refractivity contribution in [1.29, 1.82) is 0 Å². The highest BCUT2D eigenvalue weighted by Gasteiger charge is 2.36. The van der Waals surface area contributed by atoms with Crippen LogP contribution < -0.4 is 4.74 Å². The monoisotopic (exact) mass is 424 g/mol. The van der Waals surface area contributed by atoms with Gasteiger partial charge in [0, 0.05) is 44.0 Å². The Labute approximate surface area is 184 Å². The molecule has 1 atom stereocenters. The Morgan fingerprint density at radius 1 is 1.06 bits per heavy atom. The van der Waals surface area contributed by atoms with Crippen LogP contribution in [-0.2, 0) is 6.54 Å². The first kappa shape index (κ1) is 21.4. The van der Waals surface area contributed by atoms with Crippen LogP contribution in [0.2, 0.25) is 0 Å². The minimum atomic E-state index is 0.0609. The summed E-state index contributed by atoms with van der Waals surface area (Å²) >= 11 is 0. The summed E-state index contributed by atoms with van der Waals surface area (Å²) in [6.07, 6.45) is 6.79. The molecule has 166 valence electrons. The summed E-state index contributed by atoms with van der Waals surface area (Å²) in [4.78, 5) is 30.3. The molecule has 7 nitrogen and oxygen atoms in total. The summed E-state index contributed by atoms with van der Waals surface area (Å²) in [5, 5.41) is 4.23. The standard InChI is InChI=1S/C24H32N4O3/c1-3-28-22(10-13-25-28)24(30)26-15-11-18(12-16-26)21-9-4-5-14-27(21)23(29)19-7-6-8-20(17-19)31-2/h6-8,10,13,17-18,21H,3-5,9,11-12,14-16H2,1-2H3/t21-/m0/s1. The number of aryl methyl sites for hydroxylation is 1. The third-order valence-electron chi connectivity index (χ3n) is 6.73. The smallest absolute Gasteiger partial charge is 0.272 e. The zero-order valence-corrected chi connectivity index (χ0v) is 18.5. The molecule has 0 aliphatic carbocycles. The fourth-order valence-electron chi connectivity index (χ4n) is 5.04. The maximum atomic E-state index is 13.3. The molecule has 2 aliphatic rings. The van der Waals surface area contributed by atoms with E-state index in [-0.39, 0.29) is 17.9 Å². The predicted octanol–water partition coefficient (Wildman–Crippen LogP) is 3.46. The van der Waals surface area contributed by atoms with E-state index in [9.17, 15) is 9.59 Å². The third-order valence-corrected chi connectivity index (χ3v) is 6.73. The molecule has 0 radical (unpaired) electrons. The number of methoxy groups -OCH3 is 1. The second-order valence-corrected chi connectivity index (χ2v) is 8.46. The van der Waals surface area contributed by atoms with E-state index in [1.807, 2.05) is 36.1 Å². The lowest BCUT2D eigenvalue weighted by Crippen LogP contribution is -2.51. The van der Waals surface area contributed by atoms with Gasteiger partial charge >= 0.3 is 0 Å². The fraction of sp³-hybridized carbons (Fsp3) is 0.542. The molecule has 2 fully saturated rings. The van der Waals surface area contributed by atoms with Gasteiger partial charge in [0.2, 0.25) is 0 Å². The van der Waals surface area contributed by atoms with Gasteiger partial charge in [-0.25, -0.2) is 0 Å². The summed E-state index contributed by atoms with van der Waals surface area (Å²) in [6.45, 7) is 4.95. The van der Waals surface area contributed by atoms with Crippen molar-refractivity contribution in [2.24, 2.45) is 5.92 Å². The van der Waals surface area contributed by atoms with Gasteiger partial charge in [-0.05, 0) is 69.2 Å². The molecule has 0 bridgehead atoms. The highest BCUT2D eigenvalue weighted by Crippen LogP contribution is 2.32. The Morgan fingerprint density at radius 3 is 2.61 bits per heavy atom. The van der Waals surface area contributed by atoms with Crippen molar-refractivity contribution in [1.82, 2.24) is 19.6 Å². The first-order valence-corrected chi connectivity index (χ1v) is 11.4. The van der Waals surface area contributed by atoms with Crippen LogP contribution in [0.25, 0.3) is 0 Å². The van der Waals surface area contributed by atoms with Gasteiger partial charge in [-0.2, -0.15) is 5.10 Å². The molecule has 1 aromatic heterocycles. The number of piperidine rings is 2. The Morgan fingerprint density at radius 2 is 1.87 bits per heavy atom. The lowest BCUT2D eigenvalue weighted by atomic mass is 9.83. The van der Waals surface area contributed by atoms with E-state index in [2.05, 4.69) is 10.00 Å². The fourth-order valence-corrected chi connectivity index (χ4v) is 5.04. The molecule has 0 unspecified atom stereocenters. The molecule has 2 aromatic rings. The van der Waals surface area contributed by atoms with Crippen LogP contribution in [-0.4, -0.2) is 64.2 Å². The molecule has 2 saturated heterocycles. The number of benzene rings is 1. The maximum Gasteiger partial charge on any atom is 0.272 e. The lowest BCUT2D eigenvalue weighted by Gasteiger charge is -2.43. The van der Waals surface area contributed by atoms with Crippen LogP contribution >= 0.6 is 0 Å². The van der Waals surface area contributed by atoms with Crippen molar-refractivity contribution in [3.63, 3.8) is 0 Å². The molecule has 0 saturated carbocycles. The minimum Gasteiger partial charge on any atom is -0.497 e. The van der Waals surface area contributed by atoms with Crippen molar-refractivity contribution in [3.05, 3.63) is 47.8 Å². The highest BCUT2D eigenvalue weighted by atomic mass is 16.5. The van der Waals surface area contributed by atoms with Gasteiger partial charge in [-0.3, -0.25) is 14.3 Å². The topological polar surface area (TPSA) is 67.7 Å². The summed E-state index contributed by atoms with van der Waals surface area (Å²) < 4.78 is 7.06. The lowest BCUT2D eigenvalue weighted by molar-refractivity contribution is 0.0371. The molecule has 2 amide bonds. The molecular formula is C24H32N4O3. The average Bonchev–Trinajstić information content (AvgIpc) is 3.32. The van der Waals surface area contributed by atoms with Crippen molar-refractivity contribution in [2.45, 2.75) is 51.6 Å². The van der Waals surface area contributed by atoms with E-state index >= 15 is 0 Å². The number of amides is 2. The number of likely N-dealkylation sites (tertiary alicyclic amines) is 2. The van der Waals surface area contributed by atoms with E-state index in [1.54, 1.807) is 24.1 Å². The average molecular weight is 425 g/mol. The van der Waals surface area contributed by atoms with Gasteiger partial charge in [-0.15, -0.1) is 0 Å². The van der Waals surface area contributed by atoms with Gasteiger partial charge in [0.25, 0.3) is 11.8 Å². The maximum absolute atomic E-state index is 13.3. The number of rotatable bonds is 5. The van der Waals surface area contributed by atoms with Gasteiger partial charge in [-0.1, -0.05) is 6.07 Å². The largest absolute Gasteiger partial charge is 0.497 e. The van der Waals surface area contributed by atoms with Gasteiger partial charge in [0.1, 0.15) is 11.4 Å². The summed E-state index contributed by atoms with van der Waals surface area (Å²) in [5.41, 5.74) is 1.35. The number of ether oxygens (including phenoxy) is 1. The summed E-state index contributed by atoms with van der Waals surface area (Å²) in [5.74, 6) is 1.28. The minimum absolute atomic E-state index is 0.0609. The second-order valence-electron chi connectivity index (χ2n) is 8.46. The number of aromatic nitrogens is 2. The Kier molecular flexibility index (Phi) is 6.59. The Balaban J connectivity index is 1.42. The van der Waals surface area contributed by atoms with Crippen molar-refractivity contribution >= 4 is 11.8 Å². The summed E-state index contributed by atoms with van der Waals surface area (Å²) in [7, 11) is 1.62. The molecule has 0 spiro atoms. The van der Waals surface area contributed by atoms with Crippen molar-refractivity contribution in [2.75, 3.05) is 26.7 Å². The van der Waals surface area contributed by atoms with Gasteiger partial charge in [0.15, 0.2) is 0 Å². The van der Waals surface area contributed by atoms with E-state index < -0.39 is 0 Å². The molecule has 7 heteroatoms. The first-order valence-electron chi connectivity index (χ1n) is 11.4. The van der Waals surface area contributed by atoms with Gasteiger partial charge < -0.3 is 14.5 Å². The quantitative estimate of drug-likeness (QED) is 0.737. The SMILES string of the molecule is CCn1nccc1C(=O)N1CCC([C@@H]2CCCCN2C(=O)c2cccc(OC)c2)CC1. The molecule has 3 heterocycles. The number of carbonyl (C=O) groups is 2. The van der Waals surface area contributed by atoms with E-state index in [0.29, 0.717) is 29.5 Å². The van der Waals surface area contributed by atoms with Crippen LogP contribution in [0.3, 0.4) is 0 Å². The molecule has 2 aliphatic heterocycles. The molecule has 31 heavy (non-hydrogen) atoms. The van der Waals surface area contributed by atoms with E-state index in [1.165, 1.54) is 0 Å². The van der Waals surface area contributed by atoms with Gasteiger partial charge in [0.05, 0.1) is 7.11 Å². The number of hydrogen-bond acceptors (Lipinski definition) is 4. The second kappa shape index (κ2) is 9.54. The number of hydrogen-bond donors (Lipinski definition) is 0. The Hall–Kier alpha value is -2.83. The number of carbonyl (C=O) groups excluding carboxylic acids is 2. The Bertz CT molecular complexity index is 917. The van der Waals surface area contributed by atoms with E-state index in [0.717, 1.165) is 51.7 Å². The van der Waals surface area contributed by atoms with Crippen molar-refractivity contribution in [3.8, 4) is 5.75 Å². The normalized spacial score (nSPS) is 20.0. The van der Waals surface area contributed by atoms with Crippen LogP contribution in [0, 0.1) is 5.92 Å². The van der Waals surface area contributed by atoms with Crippen LogP contribution in [0.5, 0.6) is 5.75 Å². The molecule has 1 aromatic carbocycles. The zero-order valence-electron chi connectivity index (χ0n) is 18.5. The first-order chi connectivity index (χ1) is 15.1. The van der Waals surface area contributed by atoms with Crippen molar-refractivity contribution < 1.29 is 14.3 Å². The third kappa shape index (κ3) is 4.45. The zero-order chi connectivity index (χ0) is 21.8. The van der Waals surface area contributed by atoms with Crippen LogP contribution in [0.1, 0.15) is 59.9 Å². The summed E-state index contributed by atoms with van der Waals surface area (Å²) in [6, 6.07) is 9.47. The highest BCUT2D eigenvalue weighted by molar-refractivity contribution is 5.95. The molecular weight excluding hydrogens is 392 g/mol. The van der Waals surface area contributed by atoms with Crippen LogP contribution in [0.15, 0.2) is 36.5 Å². The molecule has 4 rings (SSSR count). The number of nitrogens with zero attached hydrogens (tertiary/aromatic N) is 4. The predicted molar refractivity (Wildman–Crippen MR) is 118 cm³/mol. The molecule has 0 N–H and O–H groups in total. The van der Waals surface area contributed by atoms with E-state index in [4.69, 9.17) is 4.74 Å².